The van der Waals surface area contributed by atoms with Crippen molar-refractivity contribution in [1.82, 2.24) is 9.71 Å². The number of pyridine rings is 1. The van der Waals surface area contributed by atoms with E-state index in [0.29, 0.717) is 23.6 Å². The zero-order valence-electron chi connectivity index (χ0n) is 18.1. The molecular weight excluding hydrogens is 418 g/mol. The van der Waals surface area contributed by atoms with Crippen molar-refractivity contribution in [3.05, 3.63) is 54.2 Å². The Morgan fingerprint density at radius 2 is 1.87 bits per heavy atom. The van der Waals surface area contributed by atoms with Gasteiger partial charge >= 0.3 is 5.97 Å². The maximum atomic E-state index is 12.5. The number of nitrogens with zero attached hydrogens (tertiary/aromatic N) is 1. The molecule has 0 aliphatic rings. The van der Waals surface area contributed by atoms with Gasteiger partial charge in [0.2, 0.25) is 10.0 Å². The van der Waals surface area contributed by atoms with Crippen LogP contribution in [0.4, 0.5) is 5.82 Å². The Labute approximate surface area is 184 Å². The summed E-state index contributed by atoms with van der Waals surface area (Å²) in [6.45, 7) is 5.52. The minimum atomic E-state index is -3.47. The van der Waals surface area contributed by atoms with Crippen molar-refractivity contribution in [2.45, 2.75) is 51.6 Å². The molecule has 8 nitrogen and oxygen atoms in total. The largest absolute Gasteiger partial charge is 0.492 e. The van der Waals surface area contributed by atoms with Crippen LogP contribution in [0.2, 0.25) is 0 Å². The van der Waals surface area contributed by atoms with Crippen LogP contribution in [-0.2, 0) is 14.8 Å². The highest BCUT2D eigenvalue weighted by atomic mass is 32.2. The van der Waals surface area contributed by atoms with Crippen LogP contribution in [0.5, 0.6) is 5.75 Å². The molecule has 0 amide bonds. The quantitative estimate of drug-likeness (QED) is 0.430. The van der Waals surface area contributed by atoms with E-state index < -0.39 is 28.0 Å². The average Bonchev–Trinajstić information content (AvgIpc) is 2.75. The number of benzene rings is 1. The van der Waals surface area contributed by atoms with Crippen molar-refractivity contribution in [2.24, 2.45) is 0 Å². The first-order valence-electron chi connectivity index (χ1n) is 10.3. The van der Waals surface area contributed by atoms with Crippen LogP contribution in [0.3, 0.4) is 0 Å². The fourth-order valence-electron chi connectivity index (χ4n) is 2.87. The van der Waals surface area contributed by atoms with Gasteiger partial charge in [0.15, 0.2) is 0 Å². The van der Waals surface area contributed by atoms with Crippen molar-refractivity contribution in [3.8, 4) is 5.75 Å². The summed E-state index contributed by atoms with van der Waals surface area (Å²) in [6.07, 6.45) is 3.02. The van der Waals surface area contributed by atoms with Crippen LogP contribution < -0.4 is 14.8 Å². The third-order valence-electron chi connectivity index (χ3n) is 4.92. The van der Waals surface area contributed by atoms with Gasteiger partial charge in [-0.15, -0.1) is 0 Å². The Morgan fingerprint density at radius 1 is 1.16 bits per heavy atom. The van der Waals surface area contributed by atoms with E-state index in [1.54, 1.807) is 43.5 Å². The molecule has 0 saturated carbocycles. The molecule has 0 radical (unpaired) electrons. The van der Waals surface area contributed by atoms with E-state index in [9.17, 15) is 13.2 Å². The molecule has 3 atom stereocenters. The smallest absolute Gasteiger partial charge is 0.310 e. The lowest BCUT2D eigenvalue weighted by Gasteiger charge is -2.26. The molecule has 2 aromatic rings. The predicted octanol–water partition coefficient (Wildman–Crippen LogP) is 3.24. The monoisotopic (exact) mass is 449 g/mol. The normalized spacial score (nSPS) is 14.4. The summed E-state index contributed by atoms with van der Waals surface area (Å²) < 4.78 is 33.6. The van der Waals surface area contributed by atoms with E-state index in [0.717, 1.165) is 6.42 Å². The van der Waals surface area contributed by atoms with E-state index in [2.05, 4.69) is 15.0 Å². The fraction of sp³-hybridized carbons (Fsp3) is 0.455. The van der Waals surface area contributed by atoms with Crippen molar-refractivity contribution >= 4 is 21.8 Å². The Hall–Kier alpha value is -2.65. The third kappa shape index (κ3) is 8.18. The summed E-state index contributed by atoms with van der Waals surface area (Å²) in [7, 11) is -3.47. The van der Waals surface area contributed by atoms with Gasteiger partial charge in [-0.3, -0.25) is 4.79 Å². The maximum Gasteiger partial charge on any atom is 0.310 e. The average molecular weight is 450 g/mol. The molecule has 0 saturated heterocycles. The number of carboxylic acids is 1. The third-order valence-corrected chi connectivity index (χ3v) is 6.41. The Balaban J connectivity index is 2.09. The molecule has 170 valence electrons. The zero-order valence-corrected chi connectivity index (χ0v) is 18.9. The second kappa shape index (κ2) is 11.7. The van der Waals surface area contributed by atoms with E-state index in [1.807, 2.05) is 26.0 Å². The van der Waals surface area contributed by atoms with Gasteiger partial charge in [0.05, 0.1) is 17.7 Å². The van der Waals surface area contributed by atoms with Gasteiger partial charge in [-0.2, -0.15) is 0 Å². The summed E-state index contributed by atoms with van der Waals surface area (Å²) in [6, 6.07) is 11.4. The topological polar surface area (TPSA) is 118 Å². The Kier molecular flexibility index (Phi) is 9.26. The second-order valence-corrected chi connectivity index (χ2v) is 9.36. The first-order valence-corrected chi connectivity index (χ1v) is 12.0. The number of ether oxygens (including phenoxy) is 1. The van der Waals surface area contributed by atoms with Gasteiger partial charge in [0.1, 0.15) is 18.2 Å². The Bertz CT molecular complexity index is 920. The van der Waals surface area contributed by atoms with Gasteiger partial charge in [-0.25, -0.2) is 18.1 Å². The molecule has 9 heteroatoms. The number of carboxylic acid groups (broad SMARTS) is 1. The molecule has 0 fully saturated rings. The number of nitrogens with one attached hydrogen (secondary N) is 2. The van der Waals surface area contributed by atoms with Crippen LogP contribution in [0.15, 0.2) is 48.7 Å². The highest BCUT2D eigenvalue weighted by molar-refractivity contribution is 7.89. The highest BCUT2D eigenvalue weighted by Crippen LogP contribution is 2.20. The summed E-state index contributed by atoms with van der Waals surface area (Å²) in [5, 5.41) is 12.3. The molecule has 1 aromatic carbocycles. The standard InChI is InChI=1S/C22H31N3O5S/c1-4-5-14-31(28,29)25-20(17(3)24-21-8-6-7-13-23-21)15-30-19-11-9-18(10-12-19)16(2)22(26)27/h6-13,16-17,20,25H,4-5,14-15H2,1-3H3,(H,23,24)(H,26,27)/t16-,17-,20+/m0/s1. The maximum absolute atomic E-state index is 12.5. The lowest BCUT2D eigenvalue weighted by Crippen LogP contribution is -2.49. The second-order valence-electron chi connectivity index (χ2n) is 7.48. The number of sulfonamides is 1. The zero-order chi connectivity index (χ0) is 22.9. The predicted molar refractivity (Wildman–Crippen MR) is 121 cm³/mol. The first kappa shape index (κ1) is 24.6. The van der Waals surface area contributed by atoms with Crippen LogP contribution in [0.25, 0.3) is 0 Å². The summed E-state index contributed by atoms with van der Waals surface area (Å²) >= 11 is 0. The lowest BCUT2D eigenvalue weighted by molar-refractivity contribution is -0.138. The molecule has 0 aliphatic heterocycles. The van der Waals surface area contributed by atoms with Crippen molar-refractivity contribution in [2.75, 3.05) is 17.7 Å². The van der Waals surface area contributed by atoms with Gasteiger partial charge in [-0.05, 0) is 50.1 Å². The van der Waals surface area contributed by atoms with E-state index in [4.69, 9.17) is 9.84 Å². The van der Waals surface area contributed by atoms with E-state index in [-0.39, 0.29) is 18.4 Å². The van der Waals surface area contributed by atoms with E-state index >= 15 is 0 Å². The molecule has 0 spiro atoms. The van der Waals surface area contributed by atoms with Gasteiger partial charge in [0, 0.05) is 12.2 Å². The number of hydrogen-bond donors (Lipinski definition) is 3. The number of aromatic nitrogens is 1. The highest BCUT2D eigenvalue weighted by Gasteiger charge is 2.24. The van der Waals surface area contributed by atoms with Crippen molar-refractivity contribution in [1.29, 1.82) is 0 Å². The van der Waals surface area contributed by atoms with Gasteiger partial charge < -0.3 is 15.2 Å². The molecule has 2 rings (SSSR count). The molecule has 0 aliphatic carbocycles. The van der Waals surface area contributed by atoms with Crippen LogP contribution in [0.1, 0.15) is 45.1 Å². The van der Waals surface area contributed by atoms with Gasteiger partial charge in [0.25, 0.3) is 0 Å². The molecule has 0 unspecified atom stereocenters. The van der Waals surface area contributed by atoms with Crippen molar-refractivity contribution < 1.29 is 23.1 Å². The van der Waals surface area contributed by atoms with Crippen LogP contribution >= 0.6 is 0 Å². The number of unbranched alkanes of at least 4 members (excludes halogenated alkanes) is 1. The van der Waals surface area contributed by atoms with E-state index in [1.165, 1.54) is 0 Å². The first-order chi connectivity index (χ1) is 14.7. The molecule has 3 N–H and O–H groups in total. The number of aliphatic carboxylic acids is 1. The summed E-state index contributed by atoms with van der Waals surface area (Å²) in [5.74, 6) is -0.291. The number of rotatable bonds is 13. The van der Waals surface area contributed by atoms with Crippen molar-refractivity contribution in [3.63, 3.8) is 0 Å². The number of hydrogen-bond acceptors (Lipinski definition) is 6. The fourth-order valence-corrected chi connectivity index (χ4v) is 4.39. The number of anilines is 1. The van der Waals surface area contributed by atoms with Crippen LogP contribution in [-0.4, -0.2) is 48.9 Å². The summed E-state index contributed by atoms with van der Waals surface area (Å²) in [4.78, 5) is 15.4. The lowest BCUT2D eigenvalue weighted by atomic mass is 10.0. The minimum absolute atomic E-state index is 0.0537. The minimum Gasteiger partial charge on any atom is -0.492 e. The Morgan fingerprint density at radius 3 is 2.45 bits per heavy atom. The molecule has 31 heavy (non-hydrogen) atoms. The molecule has 0 bridgehead atoms. The SMILES string of the molecule is CCCCS(=O)(=O)N[C@H](COc1ccc([C@H](C)C(=O)O)cc1)[C@H](C)Nc1ccccn1. The van der Waals surface area contributed by atoms with Crippen LogP contribution in [0, 0.1) is 0 Å². The number of carbonyl (C=O) groups is 1. The summed E-state index contributed by atoms with van der Waals surface area (Å²) in [5.41, 5.74) is 0.668. The van der Waals surface area contributed by atoms with Gasteiger partial charge in [-0.1, -0.05) is 31.5 Å². The molecular formula is C22H31N3O5S. The molecule has 1 heterocycles. The molecule has 1 aromatic heterocycles.